The number of halogens is 1. The number of pyridine rings is 1. The third-order valence-corrected chi connectivity index (χ3v) is 4.44. The smallest absolute Gasteiger partial charge is 0.150 e. The van der Waals surface area contributed by atoms with E-state index in [4.69, 9.17) is 17.3 Å². The van der Waals surface area contributed by atoms with Crippen LogP contribution in [0.15, 0.2) is 78.1 Å². The summed E-state index contributed by atoms with van der Waals surface area (Å²) in [5.74, 6) is 0.423. The second-order valence-corrected chi connectivity index (χ2v) is 6.25. The molecule has 2 aromatic carbocycles. The van der Waals surface area contributed by atoms with Crippen molar-refractivity contribution in [2.24, 2.45) is 5.16 Å². The van der Waals surface area contributed by atoms with Gasteiger partial charge < -0.3 is 10.9 Å². The Hall–Kier alpha value is -3.31. The van der Waals surface area contributed by atoms with Crippen molar-refractivity contribution in [3.8, 4) is 11.3 Å². The molecule has 0 spiro atoms. The third-order valence-electron chi connectivity index (χ3n) is 4.18. The molecule has 0 aliphatic rings. The molecule has 2 aromatic heterocycles. The van der Waals surface area contributed by atoms with Gasteiger partial charge in [0.25, 0.3) is 0 Å². The summed E-state index contributed by atoms with van der Waals surface area (Å²) >= 11 is 5.99. The first kappa shape index (κ1) is 16.2. The monoisotopic (exact) mass is 362 g/mol. The van der Waals surface area contributed by atoms with E-state index in [-0.39, 0.29) is 0 Å². The van der Waals surface area contributed by atoms with Gasteiger partial charge in [0.1, 0.15) is 11.4 Å². The molecule has 0 unspecified atom stereocenters. The van der Waals surface area contributed by atoms with Crippen LogP contribution in [0, 0.1) is 0 Å². The van der Waals surface area contributed by atoms with Crippen LogP contribution < -0.4 is 5.73 Å². The molecule has 128 valence electrons. The summed E-state index contributed by atoms with van der Waals surface area (Å²) < 4.78 is 1.89. The van der Waals surface area contributed by atoms with E-state index in [2.05, 4.69) is 10.1 Å². The molecule has 0 bridgehead atoms. The molecule has 0 amide bonds. The molecule has 0 fully saturated rings. The van der Waals surface area contributed by atoms with Crippen molar-refractivity contribution in [2.75, 3.05) is 5.73 Å². The molecular weight excluding hydrogens is 348 g/mol. The first-order chi connectivity index (χ1) is 12.7. The van der Waals surface area contributed by atoms with Crippen molar-refractivity contribution in [3.05, 3.63) is 89.1 Å². The molecule has 6 heteroatoms. The summed E-state index contributed by atoms with van der Waals surface area (Å²) in [6.07, 6.45) is 1.87. The maximum atomic E-state index is 9.55. The Labute approximate surface area is 155 Å². The van der Waals surface area contributed by atoms with Crippen LogP contribution in [0.25, 0.3) is 16.9 Å². The van der Waals surface area contributed by atoms with Crippen LogP contribution in [0.2, 0.25) is 5.02 Å². The van der Waals surface area contributed by atoms with Crippen molar-refractivity contribution < 1.29 is 5.21 Å². The Morgan fingerprint density at radius 3 is 2.38 bits per heavy atom. The van der Waals surface area contributed by atoms with Gasteiger partial charge in [0.05, 0.1) is 5.69 Å². The number of aromatic nitrogens is 2. The number of benzene rings is 2. The molecule has 0 radical (unpaired) electrons. The summed E-state index contributed by atoms with van der Waals surface area (Å²) in [6, 6.07) is 20.6. The number of hydrogen-bond acceptors (Lipinski definition) is 4. The van der Waals surface area contributed by atoms with E-state index < -0.39 is 0 Å². The zero-order valence-corrected chi connectivity index (χ0v) is 14.4. The number of oxime groups is 1. The van der Waals surface area contributed by atoms with Crippen molar-refractivity contribution in [2.45, 2.75) is 0 Å². The van der Waals surface area contributed by atoms with E-state index in [9.17, 15) is 5.21 Å². The molecule has 5 nitrogen and oxygen atoms in total. The van der Waals surface area contributed by atoms with Gasteiger partial charge in [-0.1, -0.05) is 59.2 Å². The number of nitrogens with two attached hydrogens (primary N) is 1. The highest BCUT2D eigenvalue weighted by Crippen LogP contribution is 2.28. The second kappa shape index (κ2) is 6.54. The highest BCUT2D eigenvalue weighted by molar-refractivity contribution is 6.30. The lowest BCUT2D eigenvalue weighted by atomic mass is 10.0. The van der Waals surface area contributed by atoms with E-state index in [1.807, 2.05) is 77.3 Å². The highest BCUT2D eigenvalue weighted by atomic mass is 35.5. The normalized spacial score (nSPS) is 11.8. The fraction of sp³-hybridized carbons (Fsp3) is 0. The van der Waals surface area contributed by atoms with Gasteiger partial charge in [-0.05, 0) is 24.3 Å². The van der Waals surface area contributed by atoms with Crippen LogP contribution in [0.5, 0.6) is 0 Å². The summed E-state index contributed by atoms with van der Waals surface area (Å²) in [4.78, 5) is 4.42. The number of hydrogen-bond donors (Lipinski definition) is 2. The first-order valence-electron chi connectivity index (χ1n) is 7.99. The number of rotatable bonds is 3. The highest BCUT2D eigenvalue weighted by Gasteiger charge is 2.15. The Morgan fingerprint density at radius 2 is 1.69 bits per heavy atom. The molecule has 0 aliphatic heterocycles. The molecular formula is C20H15ClN4O. The van der Waals surface area contributed by atoms with Crippen molar-refractivity contribution >= 4 is 28.8 Å². The topological polar surface area (TPSA) is 75.9 Å². The minimum atomic E-state index is 0.423. The fourth-order valence-corrected chi connectivity index (χ4v) is 3.10. The molecule has 26 heavy (non-hydrogen) atoms. The predicted octanol–water partition coefficient (Wildman–Crippen LogP) is 4.46. The molecule has 0 saturated carbocycles. The standard InChI is InChI=1S/C20H15ClN4O/c21-16-9-6-14(7-10-16)19-20(22)23-17-11-8-15(12-25(17)19)18(24-26)13-4-2-1-3-5-13/h1-12,26H,22H2. The van der Waals surface area contributed by atoms with Crippen LogP contribution >= 0.6 is 11.6 Å². The molecule has 0 aliphatic carbocycles. The average molecular weight is 363 g/mol. The molecule has 0 saturated heterocycles. The molecule has 4 aromatic rings. The minimum Gasteiger partial charge on any atom is -0.410 e. The first-order valence-corrected chi connectivity index (χ1v) is 8.36. The number of fused-ring (bicyclic) bond motifs is 1. The van der Waals surface area contributed by atoms with Crippen LogP contribution in [0.4, 0.5) is 5.82 Å². The van der Waals surface area contributed by atoms with Crippen LogP contribution in [0.1, 0.15) is 11.1 Å². The lowest BCUT2D eigenvalue weighted by Crippen LogP contribution is -2.05. The fourth-order valence-electron chi connectivity index (χ4n) is 2.98. The third kappa shape index (κ3) is 2.78. The SMILES string of the molecule is Nc1nc2ccc(C(=NO)c3ccccc3)cn2c1-c1ccc(Cl)cc1. The summed E-state index contributed by atoms with van der Waals surface area (Å²) in [5, 5.41) is 13.7. The molecule has 2 heterocycles. The van der Waals surface area contributed by atoms with Gasteiger partial charge in [-0.25, -0.2) is 4.98 Å². The van der Waals surface area contributed by atoms with Gasteiger partial charge in [-0.3, -0.25) is 4.40 Å². The van der Waals surface area contributed by atoms with Crippen molar-refractivity contribution in [1.29, 1.82) is 0 Å². The number of anilines is 1. The summed E-state index contributed by atoms with van der Waals surface area (Å²) in [7, 11) is 0. The predicted molar refractivity (Wildman–Crippen MR) is 104 cm³/mol. The zero-order valence-electron chi connectivity index (χ0n) is 13.7. The van der Waals surface area contributed by atoms with Crippen molar-refractivity contribution in [1.82, 2.24) is 9.38 Å². The number of nitrogen functional groups attached to an aromatic ring is 1. The number of nitrogens with zero attached hydrogens (tertiary/aromatic N) is 3. The lowest BCUT2D eigenvalue weighted by molar-refractivity contribution is 0.319. The summed E-state index contributed by atoms with van der Waals surface area (Å²) in [5.41, 5.74) is 10.6. The average Bonchev–Trinajstić information content (AvgIpc) is 2.99. The van der Waals surface area contributed by atoms with Gasteiger partial charge in [0.15, 0.2) is 5.82 Å². The molecule has 3 N–H and O–H groups in total. The van der Waals surface area contributed by atoms with E-state index >= 15 is 0 Å². The lowest BCUT2D eigenvalue weighted by Gasteiger charge is -2.08. The Balaban J connectivity index is 1.89. The Morgan fingerprint density at radius 1 is 0.962 bits per heavy atom. The Bertz CT molecular complexity index is 1100. The van der Waals surface area contributed by atoms with E-state index in [0.29, 0.717) is 22.2 Å². The van der Waals surface area contributed by atoms with Gasteiger partial charge in [0, 0.05) is 27.9 Å². The van der Waals surface area contributed by atoms with Crippen molar-refractivity contribution in [3.63, 3.8) is 0 Å². The van der Waals surface area contributed by atoms with Gasteiger partial charge in [-0.2, -0.15) is 0 Å². The molecule has 4 rings (SSSR count). The second-order valence-electron chi connectivity index (χ2n) is 5.81. The number of imidazole rings is 1. The van der Waals surface area contributed by atoms with Gasteiger partial charge in [0.2, 0.25) is 0 Å². The molecule has 0 atom stereocenters. The maximum Gasteiger partial charge on any atom is 0.150 e. The summed E-state index contributed by atoms with van der Waals surface area (Å²) in [6.45, 7) is 0. The van der Waals surface area contributed by atoms with Crippen LogP contribution in [-0.4, -0.2) is 20.3 Å². The minimum absolute atomic E-state index is 0.423. The quantitative estimate of drug-likeness (QED) is 0.321. The van der Waals surface area contributed by atoms with Crippen LogP contribution in [0.3, 0.4) is 0 Å². The van der Waals surface area contributed by atoms with E-state index in [1.54, 1.807) is 0 Å². The van der Waals surface area contributed by atoms with Crippen LogP contribution in [-0.2, 0) is 0 Å². The van der Waals surface area contributed by atoms with Gasteiger partial charge in [-0.15, -0.1) is 0 Å². The largest absolute Gasteiger partial charge is 0.410 e. The van der Waals surface area contributed by atoms with E-state index in [0.717, 1.165) is 22.4 Å². The maximum absolute atomic E-state index is 9.55. The Kier molecular flexibility index (Phi) is 4.07. The van der Waals surface area contributed by atoms with Gasteiger partial charge >= 0.3 is 0 Å². The zero-order chi connectivity index (χ0) is 18.1. The van der Waals surface area contributed by atoms with E-state index in [1.165, 1.54) is 0 Å².